The van der Waals surface area contributed by atoms with E-state index >= 15 is 0 Å². The topological polar surface area (TPSA) is 59.1 Å². The smallest absolute Gasteiger partial charge is 0.242 e. The summed E-state index contributed by atoms with van der Waals surface area (Å²) in [7, 11) is -3.61. The van der Waals surface area contributed by atoms with Gasteiger partial charge in [-0.2, -0.15) is 0 Å². The fourth-order valence-corrected chi connectivity index (χ4v) is 3.24. The Bertz CT molecular complexity index is 699. The second kappa shape index (κ2) is 5.91. The Morgan fingerprint density at radius 1 is 1.20 bits per heavy atom. The molecule has 0 saturated carbocycles. The largest absolute Gasteiger partial charge is 0.243 e. The van der Waals surface area contributed by atoms with E-state index in [0.717, 1.165) is 11.1 Å². The molecular formula is C14H15ClN2O2S. The zero-order valence-electron chi connectivity index (χ0n) is 11.2. The lowest BCUT2D eigenvalue weighted by Crippen LogP contribution is -2.27. The number of nitrogens with one attached hydrogen (secondary N) is 1. The first-order chi connectivity index (χ1) is 9.40. The molecule has 2 rings (SSSR count). The SMILES string of the molecule is Cc1ccccc1C(C)NS(=O)(=O)c1ccc(Cl)nc1. The van der Waals surface area contributed by atoms with Crippen LogP contribution in [0.3, 0.4) is 0 Å². The van der Waals surface area contributed by atoms with Crippen LogP contribution in [0, 0.1) is 6.92 Å². The van der Waals surface area contributed by atoms with Gasteiger partial charge in [-0.1, -0.05) is 35.9 Å². The van der Waals surface area contributed by atoms with Gasteiger partial charge in [0.05, 0.1) is 0 Å². The summed E-state index contributed by atoms with van der Waals surface area (Å²) in [6.07, 6.45) is 1.25. The lowest BCUT2D eigenvalue weighted by atomic mass is 10.0. The third-order valence-corrected chi connectivity index (χ3v) is 4.75. The summed E-state index contributed by atoms with van der Waals surface area (Å²) in [5.74, 6) is 0. The number of hydrogen-bond donors (Lipinski definition) is 1. The van der Waals surface area contributed by atoms with Gasteiger partial charge < -0.3 is 0 Å². The van der Waals surface area contributed by atoms with E-state index in [2.05, 4.69) is 9.71 Å². The second-order valence-electron chi connectivity index (χ2n) is 4.52. The molecule has 1 N–H and O–H groups in total. The van der Waals surface area contributed by atoms with Crippen LogP contribution in [-0.2, 0) is 10.0 Å². The first kappa shape index (κ1) is 15.0. The Balaban J connectivity index is 2.24. The highest BCUT2D eigenvalue weighted by Gasteiger charge is 2.19. The molecule has 0 fully saturated rings. The molecule has 1 atom stereocenters. The molecule has 0 radical (unpaired) electrons. The van der Waals surface area contributed by atoms with Crippen LogP contribution in [-0.4, -0.2) is 13.4 Å². The van der Waals surface area contributed by atoms with Crippen molar-refractivity contribution in [3.63, 3.8) is 0 Å². The van der Waals surface area contributed by atoms with E-state index in [4.69, 9.17) is 11.6 Å². The molecule has 0 spiro atoms. The van der Waals surface area contributed by atoms with Crippen LogP contribution in [0.15, 0.2) is 47.5 Å². The van der Waals surface area contributed by atoms with E-state index in [9.17, 15) is 8.42 Å². The molecule has 2 aromatic rings. The van der Waals surface area contributed by atoms with Crippen molar-refractivity contribution in [2.75, 3.05) is 0 Å². The molecule has 0 bridgehead atoms. The first-order valence-corrected chi connectivity index (χ1v) is 7.95. The van der Waals surface area contributed by atoms with Crippen molar-refractivity contribution in [3.8, 4) is 0 Å². The van der Waals surface area contributed by atoms with Crippen LogP contribution in [0.5, 0.6) is 0 Å². The lowest BCUT2D eigenvalue weighted by Gasteiger charge is -2.16. The van der Waals surface area contributed by atoms with Crippen molar-refractivity contribution in [1.29, 1.82) is 0 Å². The quantitative estimate of drug-likeness (QED) is 0.883. The highest BCUT2D eigenvalue weighted by Crippen LogP contribution is 2.20. The minimum Gasteiger partial charge on any atom is -0.243 e. The molecule has 0 aliphatic carbocycles. The zero-order valence-corrected chi connectivity index (χ0v) is 12.7. The molecule has 0 aliphatic rings. The van der Waals surface area contributed by atoms with Gasteiger partial charge in [0.15, 0.2) is 0 Å². The van der Waals surface area contributed by atoms with Gasteiger partial charge in [0.25, 0.3) is 0 Å². The minimum atomic E-state index is -3.61. The maximum atomic E-state index is 12.2. The maximum absolute atomic E-state index is 12.2. The molecule has 4 nitrogen and oxygen atoms in total. The first-order valence-electron chi connectivity index (χ1n) is 6.09. The van der Waals surface area contributed by atoms with Crippen LogP contribution in [0.1, 0.15) is 24.1 Å². The summed E-state index contributed by atoms with van der Waals surface area (Å²) in [5.41, 5.74) is 1.98. The predicted molar refractivity (Wildman–Crippen MR) is 79.2 cm³/mol. The van der Waals surface area contributed by atoms with Crippen molar-refractivity contribution in [2.24, 2.45) is 0 Å². The number of halogens is 1. The average Bonchev–Trinajstić information content (AvgIpc) is 2.39. The summed E-state index contributed by atoms with van der Waals surface area (Å²) < 4.78 is 27.1. The van der Waals surface area contributed by atoms with Gasteiger partial charge in [-0.15, -0.1) is 0 Å². The summed E-state index contributed by atoms with van der Waals surface area (Å²) >= 11 is 5.66. The molecule has 1 aromatic heterocycles. The third kappa shape index (κ3) is 3.36. The van der Waals surface area contributed by atoms with E-state index in [1.165, 1.54) is 18.3 Å². The molecular weight excluding hydrogens is 296 g/mol. The van der Waals surface area contributed by atoms with Crippen LogP contribution in [0.4, 0.5) is 0 Å². The zero-order chi connectivity index (χ0) is 14.8. The Kier molecular flexibility index (Phi) is 4.42. The Morgan fingerprint density at radius 3 is 2.50 bits per heavy atom. The fraction of sp³-hybridized carbons (Fsp3) is 0.214. The fourth-order valence-electron chi connectivity index (χ4n) is 1.96. The van der Waals surface area contributed by atoms with Gasteiger partial charge in [0, 0.05) is 12.2 Å². The van der Waals surface area contributed by atoms with Crippen molar-refractivity contribution in [2.45, 2.75) is 24.8 Å². The van der Waals surface area contributed by atoms with Gasteiger partial charge in [0.1, 0.15) is 10.0 Å². The number of rotatable bonds is 4. The number of nitrogens with zero attached hydrogens (tertiary/aromatic N) is 1. The normalized spacial score (nSPS) is 13.2. The molecule has 1 unspecified atom stereocenters. The number of pyridine rings is 1. The predicted octanol–water partition coefficient (Wildman–Crippen LogP) is 3.08. The third-order valence-electron chi connectivity index (χ3n) is 3.00. The number of aromatic nitrogens is 1. The highest BCUT2D eigenvalue weighted by atomic mass is 35.5. The van der Waals surface area contributed by atoms with E-state index < -0.39 is 10.0 Å². The van der Waals surface area contributed by atoms with Crippen molar-refractivity contribution in [3.05, 3.63) is 58.9 Å². The lowest BCUT2D eigenvalue weighted by molar-refractivity contribution is 0.566. The minimum absolute atomic E-state index is 0.0994. The Morgan fingerprint density at radius 2 is 1.90 bits per heavy atom. The van der Waals surface area contributed by atoms with Crippen LogP contribution < -0.4 is 4.72 Å². The van der Waals surface area contributed by atoms with Gasteiger partial charge in [-0.25, -0.2) is 18.1 Å². The van der Waals surface area contributed by atoms with Crippen molar-refractivity contribution in [1.82, 2.24) is 9.71 Å². The molecule has 20 heavy (non-hydrogen) atoms. The molecule has 106 valence electrons. The summed E-state index contributed by atoms with van der Waals surface area (Å²) in [4.78, 5) is 3.89. The Hall–Kier alpha value is -1.43. The molecule has 1 heterocycles. The summed E-state index contributed by atoms with van der Waals surface area (Å²) in [6, 6.07) is 10.2. The molecule has 6 heteroatoms. The van der Waals surface area contributed by atoms with Gasteiger partial charge in [-0.05, 0) is 37.1 Å². The van der Waals surface area contributed by atoms with Crippen molar-refractivity contribution >= 4 is 21.6 Å². The van der Waals surface area contributed by atoms with Gasteiger partial charge >= 0.3 is 0 Å². The molecule has 0 aliphatic heterocycles. The highest BCUT2D eigenvalue weighted by molar-refractivity contribution is 7.89. The maximum Gasteiger partial charge on any atom is 0.242 e. The second-order valence-corrected chi connectivity index (χ2v) is 6.62. The molecule has 0 amide bonds. The monoisotopic (exact) mass is 310 g/mol. The van der Waals surface area contributed by atoms with Crippen molar-refractivity contribution < 1.29 is 8.42 Å². The molecule has 1 aromatic carbocycles. The van der Waals surface area contributed by atoms with E-state index in [-0.39, 0.29) is 16.1 Å². The van der Waals surface area contributed by atoms with Crippen LogP contribution >= 0.6 is 11.6 Å². The van der Waals surface area contributed by atoms with E-state index in [0.29, 0.717) is 0 Å². The van der Waals surface area contributed by atoms with Crippen LogP contribution in [0.2, 0.25) is 5.15 Å². The average molecular weight is 311 g/mol. The standard InChI is InChI=1S/C14H15ClN2O2S/c1-10-5-3-4-6-13(10)11(2)17-20(18,19)12-7-8-14(15)16-9-12/h3-9,11,17H,1-2H3. The Labute approximate surface area is 123 Å². The molecule has 0 saturated heterocycles. The number of aryl methyl sites for hydroxylation is 1. The summed E-state index contributed by atoms with van der Waals surface area (Å²) in [6.45, 7) is 3.76. The van der Waals surface area contributed by atoms with Gasteiger partial charge in [0.2, 0.25) is 10.0 Å². The van der Waals surface area contributed by atoms with Crippen LogP contribution in [0.25, 0.3) is 0 Å². The number of hydrogen-bond acceptors (Lipinski definition) is 3. The van der Waals surface area contributed by atoms with E-state index in [1.54, 1.807) is 0 Å². The van der Waals surface area contributed by atoms with Gasteiger partial charge in [-0.3, -0.25) is 0 Å². The summed E-state index contributed by atoms with van der Waals surface area (Å²) in [5, 5.41) is 0.260. The number of sulfonamides is 1. The van der Waals surface area contributed by atoms with E-state index in [1.807, 2.05) is 38.1 Å². The number of benzene rings is 1.